The van der Waals surface area contributed by atoms with Crippen LogP contribution in [-0.4, -0.2) is 0 Å². The van der Waals surface area contributed by atoms with Crippen molar-refractivity contribution in [3.63, 3.8) is 0 Å². The topological polar surface area (TPSA) is 0 Å². The van der Waals surface area contributed by atoms with Gasteiger partial charge in [-0.15, -0.1) is 0 Å². The summed E-state index contributed by atoms with van der Waals surface area (Å²) >= 11 is 0. The van der Waals surface area contributed by atoms with E-state index in [1.165, 1.54) is 55.3 Å². The molecule has 0 nitrogen and oxygen atoms in total. The second-order valence-electron chi connectivity index (χ2n) is 21.0. The van der Waals surface area contributed by atoms with Crippen LogP contribution in [0.25, 0.3) is 0 Å². The maximum absolute atomic E-state index is 2.44. The van der Waals surface area contributed by atoms with Gasteiger partial charge in [-0.1, -0.05) is 88.0 Å². The van der Waals surface area contributed by atoms with Crippen LogP contribution in [0.3, 0.4) is 0 Å². The van der Waals surface area contributed by atoms with Crippen LogP contribution in [0.2, 0.25) is 0 Å². The smallest absolute Gasteiger partial charge is 0.0324 e. The molecule has 13 atom stereocenters. The lowest BCUT2D eigenvalue weighted by atomic mass is 9.72. The molecule has 0 aromatic rings. The van der Waals surface area contributed by atoms with Gasteiger partial charge in [0.2, 0.25) is 0 Å². The van der Waals surface area contributed by atoms with E-state index in [4.69, 9.17) is 0 Å². The van der Waals surface area contributed by atoms with E-state index in [0.29, 0.717) is 0 Å². The molecule has 9 saturated carbocycles. The van der Waals surface area contributed by atoms with Gasteiger partial charge < -0.3 is 0 Å². The van der Waals surface area contributed by atoms with Crippen molar-refractivity contribution in [1.82, 2.24) is 0 Å². The Bertz CT molecular complexity index is 916. The van der Waals surface area contributed by atoms with Crippen molar-refractivity contribution in [2.24, 2.45) is 112 Å². The van der Waals surface area contributed by atoms with E-state index in [2.05, 4.69) is 62.3 Å². The molecule has 0 aromatic heterocycles. The molecule has 0 saturated heterocycles. The molecule has 13 unspecified atom stereocenters. The number of rotatable bonds is 4. The van der Waals surface area contributed by atoms with Gasteiger partial charge in [-0.3, -0.25) is 0 Å². The summed E-state index contributed by atoms with van der Waals surface area (Å²) in [6.07, 6.45) is 28.0. The Kier molecular flexibility index (Phi) is 12.1. The second kappa shape index (κ2) is 15.5. The molecule has 9 rings (SSSR count). The Balaban J connectivity index is 0.000000109. The highest BCUT2D eigenvalue weighted by molar-refractivity contribution is 5.04. The fourth-order valence-electron chi connectivity index (χ4n) is 14.9. The normalized spacial score (nSPS) is 47.5. The summed E-state index contributed by atoms with van der Waals surface area (Å²) in [4.78, 5) is 0. The highest BCUT2D eigenvalue weighted by atomic mass is 14.6. The third-order valence-corrected chi connectivity index (χ3v) is 17.3. The molecule has 46 heavy (non-hydrogen) atoms. The molecule has 0 spiro atoms. The van der Waals surface area contributed by atoms with E-state index in [0.717, 1.165) is 82.9 Å². The molecule has 0 radical (unpaired) electrons. The number of hydrogen-bond donors (Lipinski definition) is 0. The van der Waals surface area contributed by atoms with Crippen LogP contribution in [0.1, 0.15) is 178 Å². The highest BCUT2D eigenvalue weighted by Crippen LogP contribution is 2.63. The van der Waals surface area contributed by atoms with Crippen LogP contribution in [0, 0.1) is 112 Å². The van der Waals surface area contributed by atoms with Crippen molar-refractivity contribution in [3.8, 4) is 0 Å². The highest BCUT2D eigenvalue weighted by Gasteiger charge is 2.55. The summed E-state index contributed by atoms with van der Waals surface area (Å²) in [5, 5.41) is 0. The first-order valence-corrected chi connectivity index (χ1v) is 22.0. The van der Waals surface area contributed by atoms with Gasteiger partial charge in [0.1, 0.15) is 0 Å². The summed E-state index contributed by atoms with van der Waals surface area (Å²) in [6, 6.07) is 0. The van der Waals surface area contributed by atoms with Gasteiger partial charge in [-0.25, -0.2) is 0 Å². The van der Waals surface area contributed by atoms with Crippen LogP contribution in [0.4, 0.5) is 0 Å². The lowest BCUT2D eigenvalue weighted by molar-refractivity contribution is 0.152. The SMILES string of the molecule is CC(C)C1CC2CC1C1CCCC21.CC(C)C1CC2CCC1C2.CC(C)C1CCC2C3CCC(C3)C12.CC1CCC(C(C)C)CC1. The van der Waals surface area contributed by atoms with Gasteiger partial charge >= 0.3 is 0 Å². The predicted molar refractivity (Wildman–Crippen MR) is 200 cm³/mol. The molecule has 266 valence electrons. The van der Waals surface area contributed by atoms with Crippen LogP contribution in [0.15, 0.2) is 0 Å². The van der Waals surface area contributed by atoms with E-state index in [-0.39, 0.29) is 0 Å². The Morgan fingerprint density at radius 1 is 0.370 bits per heavy atom. The summed E-state index contributed by atoms with van der Waals surface area (Å²) in [5.41, 5.74) is 0. The Morgan fingerprint density at radius 3 is 1.61 bits per heavy atom. The molecular formula is C46H82. The zero-order chi connectivity index (χ0) is 32.7. The van der Waals surface area contributed by atoms with Gasteiger partial charge in [0.15, 0.2) is 0 Å². The lowest BCUT2D eigenvalue weighted by Gasteiger charge is -2.33. The Morgan fingerprint density at radius 2 is 1.02 bits per heavy atom. The van der Waals surface area contributed by atoms with Crippen molar-refractivity contribution in [2.45, 2.75) is 178 Å². The molecule has 0 heteroatoms. The first kappa shape index (κ1) is 35.8. The molecule has 9 fully saturated rings. The van der Waals surface area contributed by atoms with E-state index in [1.54, 1.807) is 89.9 Å². The van der Waals surface area contributed by atoms with Gasteiger partial charge in [0, 0.05) is 0 Å². The summed E-state index contributed by atoms with van der Waals surface area (Å²) in [5.74, 6) is 20.7. The van der Waals surface area contributed by atoms with Crippen LogP contribution < -0.4 is 0 Å². The molecule has 0 amide bonds. The maximum atomic E-state index is 2.44. The molecular weight excluding hydrogens is 553 g/mol. The minimum Gasteiger partial charge on any atom is -0.0625 e. The zero-order valence-corrected chi connectivity index (χ0v) is 32.7. The third kappa shape index (κ3) is 7.67. The number of fused-ring (bicyclic) bond motifs is 12. The first-order chi connectivity index (χ1) is 22.0. The van der Waals surface area contributed by atoms with Crippen LogP contribution in [0.5, 0.6) is 0 Å². The first-order valence-electron chi connectivity index (χ1n) is 22.0. The standard InChI is InChI=1S/2C13H22.C10H18.C10H20/c1-8(2)11-5-6-12-9-3-4-10(7-9)13(11)12;1-8(2)12-6-9-7-13(12)11-5-3-4-10(9)11;1-7(2)10-6-8-3-4-9(10)5-8;1-8(2)10-6-4-9(3)5-7-10/h2*8-13H,3-7H2,1-2H3;7-10H,3-6H2,1-2H3;8-10H,4-7H2,1-3H3. The van der Waals surface area contributed by atoms with Crippen molar-refractivity contribution in [2.75, 3.05) is 0 Å². The van der Waals surface area contributed by atoms with Gasteiger partial charge in [-0.05, 0) is 202 Å². The predicted octanol–water partition coefficient (Wildman–Crippen LogP) is 14.0. The van der Waals surface area contributed by atoms with Crippen molar-refractivity contribution >= 4 is 0 Å². The molecule has 0 heterocycles. The average Bonchev–Trinajstić information content (AvgIpc) is 3.88. The van der Waals surface area contributed by atoms with Crippen molar-refractivity contribution in [3.05, 3.63) is 0 Å². The van der Waals surface area contributed by atoms with E-state index in [1.807, 2.05) is 0 Å². The molecule has 0 aliphatic heterocycles. The minimum atomic E-state index is 0.924. The van der Waals surface area contributed by atoms with Crippen molar-refractivity contribution < 1.29 is 0 Å². The number of hydrogen-bond acceptors (Lipinski definition) is 0. The average molecular weight is 635 g/mol. The van der Waals surface area contributed by atoms with E-state index >= 15 is 0 Å². The third-order valence-electron chi connectivity index (χ3n) is 17.3. The van der Waals surface area contributed by atoms with E-state index in [9.17, 15) is 0 Å². The molecule has 6 bridgehead atoms. The largest absolute Gasteiger partial charge is 0.0625 e. The van der Waals surface area contributed by atoms with E-state index < -0.39 is 0 Å². The van der Waals surface area contributed by atoms with Gasteiger partial charge in [0.05, 0.1) is 0 Å². The van der Waals surface area contributed by atoms with Crippen LogP contribution >= 0.6 is 0 Å². The zero-order valence-electron chi connectivity index (χ0n) is 32.7. The Hall–Kier alpha value is 0. The molecule has 0 N–H and O–H groups in total. The fraction of sp³-hybridized carbons (Fsp3) is 1.00. The summed E-state index contributed by atoms with van der Waals surface area (Å²) in [6.45, 7) is 21.7. The molecule has 0 aromatic carbocycles. The quantitative estimate of drug-likeness (QED) is 0.289. The minimum absolute atomic E-state index is 0.924. The lowest BCUT2D eigenvalue weighted by Crippen LogP contribution is -2.27. The molecule has 9 aliphatic rings. The second-order valence-corrected chi connectivity index (χ2v) is 21.0. The van der Waals surface area contributed by atoms with Gasteiger partial charge in [0.25, 0.3) is 0 Å². The summed E-state index contributed by atoms with van der Waals surface area (Å²) in [7, 11) is 0. The summed E-state index contributed by atoms with van der Waals surface area (Å²) < 4.78 is 0. The fourth-order valence-corrected chi connectivity index (χ4v) is 14.9. The molecule has 9 aliphatic carbocycles. The van der Waals surface area contributed by atoms with Crippen LogP contribution in [-0.2, 0) is 0 Å². The maximum Gasteiger partial charge on any atom is -0.0324 e. The monoisotopic (exact) mass is 635 g/mol. The van der Waals surface area contributed by atoms with Gasteiger partial charge in [-0.2, -0.15) is 0 Å². The Labute approximate surface area is 289 Å². The van der Waals surface area contributed by atoms with Crippen molar-refractivity contribution in [1.29, 1.82) is 0 Å².